The van der Waals surface area contributed by atoms with Crippen molar-refractivity contribution in [2.75, 3.05) is 38.2 Å². The van der Waals surface area contributed by atoms with Gasteiger partial charge in [0.2, 0.25) is 5.95 Å². The Morgan fingerprint density at radius 3 is 2.80 bits per heavy atom. The van der Waals surface area contributed by atoms with Crippen LogP contribution in [0.4, 0.5) is 10.3 Å². The van der Waals surface area contributed by atoms with Gasteiger partial charge in [0.05, 0.1) is 7.11 Å². The molecule has 7 heteroatoms. The van der Waals surface area contributed by atoms with Gasteiger partial charge >= 0.3 is 0 Å². The monoisotopic (exact) mass is 277 g/mol. The molecule has 1 saturated heterocycles. The Bertz CT molecular complexity index is 594. The van der Waals surface area contributed by atoms with Crippen LogP contribution in [0, 0.1) is 5.82 Å². The van der Waals surface area contributed by atoms with Gasteiger partial charge in [-0.05, 0) is 18.2 Å². The SMILES string of the molecule is COc1ccc(-c2nc(N3CCNCC3)n[nH]2)cc1F. The fraction of sp³-hybridized carbons (Fsp3) is 0.385. The van der Waals surface area contributed by atoms with Gasteiger partial charge in [0.1, 0.15) is 0 Å². The lowest BCUT2D eigenvalue weighted by Crippen LogP contribution is -2.44. The summed E-state index contributed by atoms with van der Waals surface area (Å²) in [6.45, 7) is 3.57. The number of H-pyrrole nitrogens is 1. The number of hydrogen-bond donors (Lipinski definition) is 2. The van der Waals surface area contributed by atoms with Crippen molar-refractivity contribution in [2.24, 2.45) is 0 Å². The Kier molecular flexibility index (Phi) is 3.51. The van der Waals surface area contributed by atoms with Crippen molar-refractivity contribution >= 4 is 5.95 Å². The van der Waals surface area contributed by atoms with Crippen molar-refractivity contribution in [3.8, 4) is 17.1 Å². The maximum atomic E-state index is 13.7. The Balaban J connectivity index is 1.84. The minimum atomic E-state index is -0.412. The molecule has 0 amide bonds. The van der Waals surface area contributed by atoms with Crippen LogP contribution in [-0.2, 0) is 0 Å². The number of halogens is 1. The largest absolute Gasteiger partial charge is 0.494 e. The van der Waals surface area contributed by atoms with E-state index in [0.29, 0.717) is 17.3 Å². The molecule has 0 aliphatic carbocycles. The van der Waals surface area contributed by atoms with Crippen molar-refractivity contribution in [2.45, 2.75) is 0 Å². The van der Waals surface area contributed by atoms with Crippen molar-refractivity contribution < 1.29 is 9.13 Å². The quantitative estimate of drug-likeness (QED) is 0.877. The van der Waals surface area contributed by atoms with E-state index in [9.17, 15) is 4.39 Å². The molecule has 0 atom stereocenters. The van der Waals surface area contributed by atoms with Crippen LogP contribution in [0.15, 0.2) is 18.2 Å². The van der Waals surface area contributed by atoms with Crippen LogP contribution in [0.5, 0.6) is 5.75 Å². The summed E-state index contributed by atoms with van der Waals surface area (Å²) >= 11 is 0. The number of aromatic nitrogens is 3. The third-order valence-electron chi connectivity index (χ3n) is 3.30. The lowest BCUT2D eigenvalue weighted by atomic mass is 10.2. The molecule has 2 heterocycles. The number of methoxy groups -OCH3 is 1. The van der Waals surface area contributed by atoms with Gasteiger partial charge in [0.15, 0.2) is 17.4 Å². The Hall–Kier alpha value is -2.15. The van der Waals surface area contributed by atoms with Crippen LogP contribution in [0.1, 0.15) is 0 Å². The van der Waals surface area contributed by atoms with Gasteiger partial charge in [-0.15, -0.1) is 5.10 Å². The van der Waals surface area contributed by atoms with Gasteiger partial charge in [0, 0.05) is 31.7 Å². The Morgan fingerprint density at radius 1 is 1.30 bits per heavy atom. The number of aromatic amines is 1. The molecule has 2 aromatic rings. The zero-order valence-electron chi connectivity index (χ0n) is 11.2. The summed E-state index contributed by atoms with van der Waals surface area (Å²) < 4.78 is 18.6. The van der Waals surface area contributed by atoms with E-state index in [1.807, 2.05) is 0 Å². The average molecular weight is 277 g/mol. The second-order valence-corrected chi connectivity index (χ2v) is 4.57. The number of rotatable bonds is 3. The molecule has 6 nitrogen and oxygen atoms in total. The molecule has 0 spiro atoms. The highest BCUT2D eigenvalue weighted by Crippen LogP contribution is 2.24. The second kappa shape index (κ2) is 5.46. The third kappa shape index (κ3) is 2.44. The van der Waals surface area contributed by atoms with Crippen LogP contribution in [0.25, 0.3) is 11.4 Å². The molecule has 106 valence electrons. The van der Waals surface area contributed by atoms with Crippen molar-refractivity contribution in [1.29, 1.82) is 0 Å². The summed E-state index contributed by atoms with van der Waals surface area (Å²) in [6, 6.07) is 4.72. The minimum Gasteiger partial charge on any atom is -0.494 e. The number of anilines is 1. The van der Waals surface area contributed by atoms with E-state index in [0.717, 1.165) is 26.2 Å². The number of nitrogens with one attached hydrogen (secondary N) is 2. The van der Waals surface area contributed by atoms with E-state index in [1.54, 1.807) is 12.1 Å². The number of hydrogen-bond acceptors (Lipinski definition) is 5. The molecule has 2 N–H and O–H groups in total. The van der Waals surface area contributed by atoms with Crippen molar-refractivity contribution in [3.05, 3.63) is 24.0 Å². The van der Waals surface area contributed by atoms with Crippen LogP contribution in [0.2, 0.25) is 0 Å². The van der Waals surface area contributed by atoms with Crippen LogP contribution in [0.3, 0.4) is 0 Å². The first-order chi connectivity index (χ1) is 9.78. The highest BCUT2D eigenvalue weighted by Gasteiger charge is 2.16. The molecular weight excluding hydrogens is 261 g/mol. The number of nitrogens with zero attached hydrogens (tertiary/aromatic N) is 3. The summed E-state index contributed by atoms with van der Waals surface area (Å²) in [5, 5.41) is 10.3. The molecule has 1 aromatic carbocycles. The molecule has 3 rings (SSSR count). The second-order valence-electron chi connectivity index (χ2n) is 4.57. The lowest BCUT2D eigenvalue weighted by Gasteiger charge is -2.25. The van der Waals surface area contributed by atoms with E-state index in [-0.39, 0.29) is 5.75 Å². The molecule has 1 aliphatic heterocycles. The fourth-order valence-corrected chi connectivity index (χ4v) is 2.20. The van der Waals surface area contributed by atoms with Crippen LogP contribution >= 0.6 is 0 Å². The molecule has 1 fully saturated rings. The first kappa shape index (κ1) is 12.9. The van der Waals surface area contributed by atoms with E-state index < -0.39 is 5.82 Å². The third-order valence-corrected chi connectivity index (χ3v) is 3.30. The highest BCUT2D eigenvalue weighted by molar-refractivity contribution is 5.58. The topological polar surface area (TPSA) is 66.1 Å². The molecule has 0 saturated carbocycles. The first-order valence-electron chi connectivity index (χ1n) is 6.50. The van der Waals surface area contributed by atoms with E-state index in [1.165, 1.54) is 13.2 Å². The molecule has 0 radical (unpaired) electrons. The highest BCUT2D eigenvalue weighted by atomic mass is 19.1. The molecule has 1 aromatic heterocycles. The Morgan fingerprint density at radius 2 is 2.10 bits per heavy atom. The van der Waals surface area contributed by atoms with E-state index >= 15 is 0 Å². The molecular formula is C13H16FN5O. The van der Waals surface area contributed by atoms with E-state index in [2.05, 4.69) is 25.4 Å². The van der Waals surface area contributed by atoms with Crippen LogP contribution < -0.4 is 15.0 Å². The predicted octanol–water partition coefficient (Wildman–Crippen LogP) is 1.03. The van der Waals surface area contributed by atoms with Crippen molar-refractivity contribution in [1.82, 2.24) is 20.5 Å². The van der Waals surface area contributed by atoms with Gasteiger partial charge in [-0.1, -0.05) is 0 Å². The minimum absolute atomic E-state index is 0.218. The molecule has 0 unspecified atom stereocenters. The number of ether oxygens (including phenoxy) is 1. The summed E-state index contributed by atoms with van der Waals surface area (Å²) in [7, 11) is 1.44. The lowest BCUT2D eigenvalue weighted by molar-refractivity contribution is 0.386. The normalized spacial score (nSPS) is 15.4. The van der Waals surface area contributed by atoms with Gasteiger partial charge in [-0.3, -0.25) is 5.10 Å². The molecule has 20 heavy (non-hydrogen) atoms. The summed E-state index contributed by atoms with van der Waals surface area (Å²) in [6.07, 6.45) is 0. The standard InChI is InChI=1S/C13H16FN5O/c1-20-11-3-2-9(8-10(11)14)12-16-13(18-17-12)19-6-4-15-5-7-19/h2-3,8,15H,4-7H2,1H3,(H,16,17,18). The number of piperazine rings is 1. The smallest absolute Gasteiger partial charge is 0.245 e. The maximum absolute atomic E-state index is 13.7. The summed E-state index contributed by atoms with van der Waals surface area (Å²) in [5.74, 6) is 1.01. The summed E-state index contributed by atoms with van der Waals surface area (Å²) in [4.78, 5) is 6.52. The van der Waals surface area contributed by atoms with Crippen LogP contribution in [-0.4, -0.2) is 48.5 Å². The zero-order chi connectivity index (χ0) is 13.9. The Labute approximate surface area is 116 Å². The van der Waals surface area contributed by atoms with Crippen molar-refractivity contribution in [3.63, 3.8) is 0 Å². The zero-order valence-corrected chi connectivity index (χ0v) is 11.2. The van der Waals surface area contributed by atoms with Gasteiger partial charge < -0.3 is 15.0 Å². The van der Waals surface area contributed by atoms with Gasteiger partial charge in [0.25, 0.3) is 0 Å². The van der Waals surface area contributed by atoms with E-state index in [4.69, 9.17) is 4.74 Å². The van der Waals surface area contributed by atoms with Gasteiger partial charge in [-0.2, -0.15) is 4.98 Å². The maximum Gasteiger partial charge on any atom is 0.245 e. The summed E-state index contributed by atoms with van der Waals surface area (Å²) in [5.41, 5.74) is 0.650. The predicted molar refractivity (Wildman–Crippen MR) is 73.4 cm³/mol. The average Bonchev–Trinajstić information content (AvgIpc) is 2.98. The molecule has 0 bridgehead atoms. The fourth-order valence-electron chi connectivity index (χ4n) is 2.20. The number of benzene rings is 1. The van der Waals surface area contributed by atoms with Gasteiger partial charge in [-0.25, -0.2) is 4.39 Å². The first-order valence-corrected chi connectivity index (χ1v) is 6.50. The molecule has 1 aliphatic rings.